The van der Waals surface area contributed by atoms with E-state index in [-0.39, 0.29) is 21.2 Å². The largest absolute Gasteiger partial charge is 0.298 e. The lowest BCUT2D eigenvalue weighted by Crippen LogP contribution is -2.21. The molecule has 0 aromatic carbocycles. The Morgan fingerprint density at radius 3 is 2.72 bits per heavy atom. The standard InChI is InChI=1S/C12H15Cl2N3O/c1-12(2,7-15)5-3-4-6-17-8-16-10(14)9(13)11(17)18/h8H,3-6H2,1-2H3. The molecule has 0 aliphatic carbocycles. The molecular formula is C12H15Cl2N3O. The molecule has 0 amide bonds. The SMILES string of the molecule is CC(C)(C#N)CCCCn1cnc(Cl)c(Cl)c1=O. The smallest absolute Gasteiger partial charge is 0.273 e. The van der Waals surface area contributed by atoms with Gasteiger partial charge in [0.05, 0.1) is 17.8 Å². The van der Waals surface area contributed by atoms with Crippen molar-refractivity contribution in [2.24, 2.45) is 5.41 Å². The molecule has 0 saturated heterocycles. The second kappa shape index (κ2) is 6.21. The summed E-state index contributed by atoms with van der Waals surface area (Å²) in [4.78, 5) is 15.5. The van der Waals surface area contributed by atoms with Crippen LogP contribution < -0.4 is 5.56 Å². The van der Waals surface area contributed by atoms with E-state index >= 15 is 0 Å². The van der Waals surface area contributed by atoms with Gasteiger partial charge in [-0.2, -0.15) is 5.26 Å². The maximum Gasteiger partial charge on any atom is 0.273 e. The average molecular weight is 288 g/mol. The minimum absolute atomic E-state index is 0.0310. The third-order valence-corrected chi connectivity index (χ3v) is 3.42. The molecule has 6 heteroatoms. The Balaban J connectivity index is 2.54. The van der Waals surface area contributed by atoms with Crippen LogP contribution in [0.25, 0.3) is 0 Å². The molecule has 0 atom stereocenters. The van der Waals surface area contributed by atoms with Crippen molar-refractivity contribution in [3.63, 3.8) is 0 Å². The summed E-state index contributed by atoms with van der Waals surface area (Å²) < 4.78 is 1.44. The maximum absolute atomic E-state index is 11.7. The molecule has 98 valence electrons. The first kappa shape index (κ1) is 15.0. The highest BCUT2D eigenvalue weighted by molar-refractivity contribution is 6.40. The fourth-order valence-electron chi connectivity index (χ4n) is 1.51. The first-order valence-electron chi connectivity index (χ1n) is 5.69. The highest BCUT2D eigenvalue weighted by atomic mass is 35.5. The van der Waals surface area contributed by atoms with Crippen molar-refractivity contribution in [3.8, 4) is 6.07 Å². The van der Waals surface area contributed by atoms with Gasteiger partial charge in [0.1, 0.15) is 5.02 Å². The van der Waals surface area contributed by atoms with Crippen molar-refractivity contribution in [1.29, 1.82) is 5.26 Å². The molecule has 0 radical (unpaired) electrons. The normalized spacial score (nSPS) is 11.3. The minimum atomic E-state index is -0.323. The van der Waals surface area contributed by atoms with Gasteiger partial charge < -0.3 is 0 Å². The maximum atomic E-state index is 11.7. The lowest BCUT2D eigenvalue weighted by molar-refractivity contribution is 0.415. The van der Waals surface area contributed by atoms with Gasteiger partial charge in [-0.25, -0.2) is 4.98 Å². The topological polar surface area (TPSA) is 58.7 Å². The van der Waals surface area contributed by atoms with Gasteiger partial charge in [-0.05, 0) is 26.7 Å². The molecule has 0 aliphatic rings. The van der Waals surface area contributed by atoms with Crippen LogP contribution >= 0.6 is 23.2 Å². The molecule has 18 heavy (non-hydrogen) atoms. The van der Waals surface area contributed by atoms with E-state index in [1.165, 1.54) is 10.9 Å². The van der Waals surface area contributed by atoms with Crippen LogP contribution in [0.1, 0.15) is 33.1 Å². The molecule has 1 aromatic heterocycles. The monoisotopic (exact) mass is 287 g/mol. The van der Waals surface area contributed by atoms with E-state index in [0.717, 1.165) is 19.3 Å². The number of nitrogens with zero attached hydrogens (tertiary/aromatic N) is 3. The number of hydrogen-bond acceptors (Lipinski definition) is 3. The van der Waals surface area contributed by atoms with E-state index in [2.05, 4.69) is 11.1 Å². The number of halogens is 2. The number of rotatable bonds is 5. The van der Waals surface area contributed by atoms with E-state index in [1.54, 1.807) is 0 Å². The average Bonchev–Trinajstić information content (AvgIpc) is 2.34. The van der Waals surface area contributed by atoms with Gasteiger partial charge in [0.2, 0.25) is 0 Å². The molecule has 0 unspecified atom stereocenters. The van der Waals surface area contributed by atoms with Crippen molar-refractivity contribution in [3.05, 3.63) is 26.9 Å². The lowest BCUT2D eigenvalue weighted by Gasteiger charge is -2.14. The molecule has 0 spiro atoms. The fourth-order valence-corrected chi connectivity index (χ4v) is 1.79. The summed E-state index contributed by atoms with van der Waals surface area (Å²) in [5, 5.41) is 8.86. The van der Waals surface area contributed by atoms with Gasteiger partial charge in [0, 0.05) is 6.54 Å². The zero-order valence-electron chi connectivity index (χ0n) is 10.4. The van der Waals surface area contributed by atoms with Crippen molar-refractivity contribution in [1.82, 2.24) is 9.55 Å². The Bertz CT molecular complexity index is 517. The van der Waals surface area contributed by atoms with Gasteiger partial charge in [0.25, 0.3) is 5.56 Å². The first-order chi connectivity index (χ1) is 8.37. The van der Waals surface area contributed by atoms with E-state index in [1.807, 2.05) is 13.8 Å². The molecule has 0 fully saturated rings. The van der Waals surface area contributed by atoms with Gasteiger partial charge in [0.15, 0.2) is 5.15 Å². The Labute approximate surface area is 116 Å². The second-order valence-corrected chi connectivity index (χ2v) is 5.54. The van der Waals surface area contributed by atoms with Crippen LogP contribution in [0.3, 0.4) is 0 Å². The Morgan fingerprint density at radius 2 is 2.11 bits per heavy atom. The first-order valence-corrected chi connectivity index (χ1v) is 6.45. The third-order valence-electron chi connectivity index (χ3n) is 2.69. The minimum Gasteiger partial charge on any atom is -0.298 e. The van der Waals surface area contributed by atoms with E-state index in [9.17, 15) is 4.79 Å². The van der Waals surface area contributed by atoms with Crippen LogP contribution in [0.4, 0.5) is 0 Å². The van der Waals surface area contributed by atoms with E-state index in [0.29, 0.717) is 6.54 Å². The van der Waals surface area contributed by atoms with Gasteiger partial charge in [-0.15, -0.1) is 0 Å². The van der Waals surface area contributed by atoms with Crippen molar-refractivity contribution < 1.29 is 0 Å². The fraction of sp³-hybridized carbons (Fsp3) is 0.583. The Hall–Kier alpha value is -1.05. The molecule has 0 bridgehead atoms. The molecule has 0 aliphatic heterocycles. The zero-order valence-corrected chi connectivity index (χ0v) is 11.9. The summed E-state index contributed by atoms with van der Waals surface area (Å²) in [5.41, 5.74) is -0.642. The summed E-state index contributed by atoms with van der Waals surface area (Å²) in [5.74, 6) is 0. The van der Waals surface area contributed by atoms with Gasteiger partial charge in [-0.3, -0.25) is 9.36 Å². The number of nitriles is 1. The van der Waals surface area contributed by atoms with Gasteiger partial charge >= 0.3 is 0 Å². The molecule has 0 saturated carbocycles. The highest BCUT2D eigenvalue weighted by Crippen LogP contribution is 2.21. The molecule has 1 aromatic rings. The van der Waals surface area contributed by atoms with E-state index in [4.69, 9.17) is 28.5 Å². The lowest BCUT2D eigenvalue weighted by atomic mass is 9.89. The summed E-state index contributed by atoms with van der Waals surface area (Å²) >= 11 is 11.4. The van der Waals surface area contributed by atoms with Crippen LogP contribution in [0, 0.1) is 16.7 Å². The van der Waals surface area contributed by atoms with E-state index < -0.39 is 0 Å². The molecule has 1 heterocycles. The summed E-state index contributed by atoms with van der Waals surface area (Å²) in [6, 6.07) is 2.25. The Kier molecular flexibility index (Phi) is 5.18. The number of hydrogen-bond donors (Lipinski definition) is 0. The zero-order chi connectivity index (χ0) is 13.8. The predicted molar refractivity (Wildman–Crippen MR) is 71.8 cm³/mol. The second-order valence-electron chi connectivity index (χ2n) is 4.80. The molecule has 0 N–H and O–H groups in total. The van der Waals surface area contributed by atoms with Gasteiger partial charge in [-0.1, -0.05) is 29.6 Å². The van der Waals surface area contributed by atoms with Crippen LogP contribution in [-0.2, 0) is 6.54 Å². The Morgan fingerprint density at radius 1 is 1.44 bits per heavy atom. The highest BCUT2D eigenvalue weighted by Gasteiger charge is 2.15. The third kappa shape index (κ3) is 4.01. The predicted octanol–water partition coefficient (Wildman–Crippen LogP) is 3.27. The summed E-state index contributed by atoms with van der Waals surface area (Å²) in [6.45, 7) is 4.34. The quantitative estimate of drug-likeness (QED) is 0.617. The van der Waals surface area contributed by atoms with Crippen molar-refractivity contribution in [2.75, 3.05) is 0 Å². The summed E-state index contributed by atoms with van der Waals surface area (Å²) in [6.07, 6.45) is 3.86. The van der Waals surface area contributed by atoms with Crippen molar-refractivity contribution >= 4 is 23.2 Å². The summed E-state index contributed by atoms with van der Waals surface area (Å²) in [7, 11) is 0. The molecule has 4 nitrogen and oxygen atoms in total. The van der Waals surface area contributed by atoms with Crippen LogP contribution in [0.15, 0.2) is 11.1 Å². The number of unbranched alkanes of at least 4 members (excludes halogenated alkanes) is 1. The number of aromatic nitrogens is 2. The molecule has 1 rings (SSSR count). The number of aryl methyl sites for hydroxylation is 1. The van der Waals surface area contributed by atoms with Crippen molar-refractivity contribution in [2.45, 2.75) is 39.7 Å². The van der Waals surface area contributed by atoms with Crippen LogP contribution in [0.5, 0.6) is 0 Å². The molecular weight excluding hydrogens is 273 g/mol. The van der Waals surface area contributed by atoms with Crippen LogP contribution in [0.2, 0.25) is 10.2 Å². The van der Waals surface area contributed by atoms with Crippen LogP contribution in [-0.4, -0.2) is 9.55 Å².